The van der Waals surface area contributed by atoms with Gasteiger partial charge in [0.15, 0.2) is 0 Å². The van der Waals surface area contributed by atoms with Crippen molar-refractivity contribution in [2.45, 2.75) is 64.7 Å². The molecule has 2 saturated heterocycles. The van der Waals surface area contributed by atoms with Crippen molar-refractivity contribution >= 4 is 17.5 Å². The molecule has 0 radical (unpaired) electrons. The van der Waals surface area contributed by atoms with Crippen LogP contribution in [0.15, 0.2) is 54.9 Å². The first-order chi connectivity index (χ1) is 19.9. The number of aromatic nitrogens is 2. The lowest BCUT2D eigenvalue weighted by atomic mass is 9.88. The topological polar surface area (TPSA) is 70.5 Å². The van der Waals surface area contributed by atoms with Crippen LogP contribution in [0.2, 0.25) is 0 Å². The molecule has 2 amide bonds. The Labute approximate surface area is 244 Å². The van der Waals surface area contributed by atoms with Gasteiger partial charge in [-0.05, 0) is 80.4 Å². The minimum Gasteiger partial charge on any atom is -0.339 e. The number of hydrogen-bond donors (Lipinski definition) is 1. The maximum absolute atomic E-state index is 13.4. The molecule has 7 nitrogen and oxygen atoms in total. The fourth-order valence-electron chi connectivity index (χ4n) is 6.25. The van der Waals surface area contributed by atoms with Gasteiger partial charge in [0.05, 0.1) is 12.1 Å². The molecule has 5 rings (SSSR count). The standard InChI is InChI=1S/C34H45N5O2/c1-4-5-6-7-17-38-18-14-30(24-38)33(40)36-32-21-29(9-8-25(32)2)34(41)39-19-15-28(16-20-39)26-10-12-27(13-11-26)31-22-35-37(3)23-31/h8-13,21-23,28,30H,4-7,14-20,24H2,1-3H3,(H,36,40). The second kappa shape index (κ2) is 13.5. The van der Waals surface area contributed by atoms with Gasteiger partial charge in [-0.2, -0.15) is 5.10 Å². The Kier molecular flexibility index (Phi) is 9.55. The number of carbonyl (C=O) groups excluding carboxylic acids is 2. The van der Waals surface area contributed by atoms with Crippen LogP contribution in [0.25, 0.3) is 11.1 Å². The Morgan fingerprint density at radius 3 is 2.44 bits per heavy atom. The first kappa shape index (κ1) is 29.1. The molecule has 41 heavy (non-hydrogen) atoms. The minimum atomic E-state index is 0.0115. The zero-order valence-corrected chi connectivity index (χ0v) is 24.9. The van der Waals surface area contributed by atoms with E-state index in [0.29, 0.717) is 11.5 Å². The fourth-order valence-corrected chi connectivity index (χ4v) is 6.25. The zero-order valence-electron chi connectivity index (χ0n) is 24.9. The number of nitrogens with one attached hydrogen (secondary N) is 1. The van der Waals surface area contributed by atoms with E-state index in [4.69, 9.17) is 0 Å². The molecule has 3 aromatic rings. The predicted molar refractivity (Wildman–Crippen MR) is 165 cm³/mol. The number of rotatable bonds is 10. The van der Waals surface area contributed by atoms with Crippen LogP contribution in [0.5, 0.6) is 0 Å². The van der Waals surface area contributed by atoms with E-state index in [9.17, 15) is 9.59 Å². The highest BCUT2D eigenvalue weighted by atomic mass is 16.2. The number of hydrogen-bond acceptors (Lipinski definition) is 4. The molecule has 1 atom stereocenters. The van der Waals surface area contributed by atoms with Gasteiger partial charge >= 0.3 is 0 Å². The molecule has 2 fully saturated rings. The molecule has 1 N–H and O–H groups in total. The summed E-state index contributed by atoms with van der Waals surface area (Å²) in [6.45, 7) is 8.60. The van der Waals surface area contributed by atoms with E-state index in [0.717, 1.165) is 68.8 Å². The van der Waals surface area contributed by atoms with Crippen LogP contribution in [0.3, 0.4) is 0 Å². The lowest BCUT2D eigenvalue weighted by molar-refractivity contribution is -0.119. The first-order valence-corrected chi connectivity index (χ1v) is 15.4. The molecule has 0 bridgehead atoms. The van der Waals surface area contributed by atoms with Crippen LogP contribution in [-0.4, -0.2) is 64.1 Å². The van der Waals surface area contributed by atoms with Crippen molar-refractivity contribution in [2.24, 2.45) is 13.0 Å². The van der Waals surface area contributed by atoms with Gasteiger partial charge in [-0.1, -0.05) is 56.5 Å². The van der Waals surface area contributed by atoms with E-state index in [1.54, 1.807) is 0 Å². The van der Waals surface area contributed by atoms with Crippen molar-refractivity contribution in [3.8, 4) is 11.1 Å². The second-order valence-electron chi connectivity index (χ2n) is 12.0. The number of nitrogens with zero attached hydrogens (tertiary/aromatic N) is 4. The Bertz CT molecular complexity index is 1320. The Morgan fingerprint density at radius 1 is 0.951 bits per heavy atom. The van der Waals surface area contributed by atoms with Gasteiger partial charge in [0.25, 0.3) is 5.91 Å². The monoisotopic (exact) mass is 555 g/mol. The summed E-state index contributed by atoms with van der Waals surface area (Å²) < 4.78 is 1.82. The van der Waals surface area contributed by atoms with Crippen LogP contribution in [0.1, 0.15) is 79.3 Å². The van der Waals surface area contributed by atoms with E-state index in [-0.39, 0.29) is 17.7 Å². The van der Waals surface area contributed by atoms with Gasteiger partial charge in [-0.25, -0.2) is 0 Å². The van der Waals surface area contributed by atoms with Crippen LogP contribution < -0.4 is 5.32 Å². The molecule has 2 aliphatic heterocycles. The number of carbonyl (C=O) groups is 2. The second-order valence-corrected chi connectivity index (χ2v) is 12.0. The summed E-state index contributed by atoms with van der Waals surface area (Å²) in [5, 5.41) is 7.42. The van der Waals surface area contributed by atoms with Gasteiger partial charge in [0.1, 0.15) is 0 Å². The molecule has 1 aromatic heterocycles. The number of likely N-dealkylation sites (tertiary alicyclic amines) is 2. The SMILES string of the molecule is CCCCCCN1CCC(C(=O)Nc2cc(C(=O)N3CCC(c4ccc(-c5cnn(C)c5)cc4)CC3)ccc2C)C1. The highest BCUT2D eigenvalue weighted by Gasteiger charge is 2.29. The third-order valence-corrected chi connectivity index (χ3v) is 8.92. The Morgan fingerprint density at radius 2 is 1.73 bits per heavy atom. The smallest absolute Gasteiger partial charge is 0.253 e. The quantitative estimate of drug-likeness (QED) is 0.300. The summed E-state index contributed by atoms with van der Waals surface area (Å²) in [5.74, 6) is 0.582. The summed E-state index contributed by atoms with van der Waals surface area (Å²) in [6, 6.07) is 14.5. The van der Waals surface area contributed by atoms with Crippen molar-refractivity contribution in [3.63, 3.8) is 0 Å². The van der Waals surface area contributed by atoms with Gasteiger partial charge in [0, 0.05) is 49.7 Å². The highest BCUT2D eigenvalue weighted by Crippen LogP contribution is 2.31. The maximum Gasteiger partial charge on any atom is 0.253 e. The maximum atomic E-state index is 13.4. The summed E-state index contributed by atoms with van der Waals surface area (Å²) in [4.78, 5) is 30.9. The van der Waals surface area contributed by atoms with E-state index in [1.165, 1.54) is 36.8 Å². The largest absolute Gasteiger partial charge is 0.339 e. The summed E-state index contributed by atoms with van der Waals surface area (Å²) in [5.41, 5.74) is 6.01. The van der Waals surface area contributed by atoms with Crippen LogP contribution in [0.4, 0.5) is 5.69 Å². The number of anilines is 1. The normalized spacial score (nSPS) is 18.1. The number of benzene rings is 2. The van der Waals surface area contributed by atoms with Crippen LogP contribution in [0, 0.1) is 12.8 Å². The molecule has 7 heteroatoms. The van der Waals surface area contributed by atoms with E-state index in [2.05, 4.69) is 46.5 Å². The number of aryl methyl sites for hydroxylation is 2. The third kappa shape index (κ3) is 7.25. The molecule has 1 unspecified atom stereocenters. The zero-order chi connectivity index (χ0) is 28.8. The van der Waals surface area contributed by atoms with Crippen molar-refractivity contribution in [3.05, 3.63) is 71.5 Å². The lowest BCUT2D eigenvalue weighted by Gasteiger charge is -2.32. The predicted octanol–water partition coefficient (Wildman–Crippen LogP) is 6.26. The average molecular weight is 556 g/mol. The van der Waals surface area contributed by atoms with Gasteiger partial charge in [-0.15, -0.1) is 0 Å². The molecule has 2 aromatic carbocycles. The van der Waals surface area contributed by atoms with Crippen molar-refractivity contribution in [1.82, 2.24) is 19.6 Å². The molecular weight excluding hydrogens is 510 g/mol. The first-order valence-electron chi connectivity index (χ1n) is 15.4. The summed E-state index contributed by atoms with van der Waals surface area (Å²) in [7, 11) is 1.93. The molecule has 0 saturated carbocycles. The van der Waals surface area contributed by atoms with Crippen LogP contribution >= 0.6 is 0 Å². The van der Waals surface area contributed by atoms with Crippen LogP contribution in [-0.2, 0) is 11.8 Å². The Balaban J connectivity index is 1.13. The van der Waals surface area contributed by atoms with E-state index in [1.807, 2.05) is 54.1 Å². The molecule has 3 heterocycles. The molecular formula is C34H45N5O2. The van der Waals surface area contributed by atoms with Crippen molar-refractivity contribution in [2.75, 3.05) is 38.0 Å². The molecule has 218 valence electrons. The Hall–Kier alpha value is -3.45. The number of unbranched alkanes of at least 4 members (excludes halogenated alkanes) is 3. The highest BCUT2D eigenvalue weighted by molar-refractivity contribution is 5.98. The minimum absolute atomic E-state index is 0.0115. The van der Waals surface area contributed by atoms with E-state index < -0.39 is 0 Å². The summed E-state index contributed by atoms with van der Waals surface area (Å²) in [6.07, 6.45) is 11.7. The van der Waals surface area contributed by atoms with Gasteiger partial charge in [0.2, 0.25) is 5.91 Å². The molecule has 0 spiro atoms. The van der Waals surface area contributed by atoms with E-state index >= 15 is 0 Å². The van der Waals surface area contributed by atoms with Crippen molar-refractivity contribution in [1.29, 1.82) is 0 Å². The van der Waals surface area contributed by atoms with Gasteiger partial charge in [-0.3, -0.25) is 14.3 Å². The lowest BCUT2D eigenvalue weighted by Crippen LogP contribution is -2.38. The molecule has 2 aliphatic rings. The number of amides is 2. The van der Waals surface area contributed by atoms with Crippen molar-refractivity contribution < 1.29 is 9.59 Å². The molecule has 0 aliphatic carbocycles. The van der Waals surface area contributed by atoms with Gasteiger partial charge < -0.3 is 15.1 Å². The summed E-state index contributed by atoms with van der Waals surface area (Å²) >= 11 is 0. The number of piperidine rings is 1. The fraction of sp³-hybridized carbons (Fsp3) is 0.500. The average Bonchev–Trinajstić information content (AvgIpc) is 3.66. The third-order valence-electron chi connectivity index (χ3n) is 8.92.